The van der Waals surface area contributed by atoms with Crippen LogP contribution in [0.1, 0.15) is 171 Å². The summed E-state index contributed by atoms with van der Waals surface area (Å²) < 4.78 is 0. The van der Waals surface area contributed by atoms with Gasteiger partial charge in [0, 0.05) is 33.5 Å². The summed E-state index contributed by atoms with van der Waals surface area (Å²) in [6.45, 7) is 23.3. The van der Waals surface area contributed by atoms with Gasteiger partial charge in [0.15, 0.2) is 0 Å². The van der Waals surface area contributed by atoms with E-state index >= 15 is 0 Å². The van der Waals surface area contributed by atoms with Gasteiger partial charge < -0.3 is 9.80 Å². The van der Waals surface area contributed by atoms with Crippen LogP contribution in [0.15, 0.2) is 158 Å². The summed E-state index contributed by atoms with van der Waals surface area (Å²) in [5.74, 6) is 1.73. The first-order valence-corrected chi connectivity index (χ1v) is 29.8. The molecule has 0 spiro atoms. The molecule has 0 saturated heterocycles. The number of rotatable bonds is 12. The first kappa shape index (κ1) is 51.6. The van der Waals surface area contributed by atoms with Crippen LogP contribution in [-0.2, 0) is 0 Å². The second-order valence-corrected chi connectivity index (χ2v) is 24.4. The molecule has 10 aromatic carbocycles. The van der Waals surface area contributed by atoms with Gasteiger partial charge in [0.2, 0.25) is 0 Å². The molecule has 2 fully saturated rings. The molecule has 0 heterocycles. The van der Waals surface area contributed by atoms with Gasteiger partial charge in [0.05, 0.1) is 11.4 Å². The number of aryl methyl sites for hydroxylation is 6. The van der Waals surface area contributed by atoms with Gasteiger partial charge in [0.25, 0.3) is 0 Å². The van der Waals surface area contributed by atoms with E-state index in [1.54, 1.807) is 0 Å². The third-order valence-electron chi connectivity index (χ3n) is 18.5. The molecule has 2 heteroatoms. The average Bonchev–Trinajstić information content (AvgIpc) is 3.64. The first-order chi connectivity index (χ1) is 37.8. The largest absolute Gasteiger partial charge is 0.310 e. The molecule has 0 radical (unpaired) electrons. The summed E-state index contributed by atoms with van der Waals surface area (Å²) in [6, 6.07) is 62.3. The lowest BCUT2D eigenvalue weighted by atomic mass is 9.83. The molecule has 2 saturated carbocycles. The highest BCUT2D eigenvalue weighted by Crippen LogP contribution is 2.53. The molecule has 2 aliphatic rings. The molecule has 78 heavy (non-hydrogen) atoms. The molecule has 0 unspecified atom stereocenters. The molecule has 0 N–H and O–H groups in total. The van der Waals surface area contributed by atoms with Gasteiger partial charge >= 0.3 is 0 Å². The highest BCUT2D eigenvalue weighted by atomic mass is 15.2. The summed E-state index contributed by atoms with van der Waals surface area (Å²) in [7, 11) is 0. The lowest BCUT2D eigenvalue weighted by Crippen LogP contribution is -2.15. The van der Waals surface area contributed by atoms with E-state index in [1.165, 1.54) is 209 Å². The Morgan fingerprint density at radius 3 is 1.06 bits per heavy atom. The van der Waals surface area contributed by atoms with Crippen LogP contribution in [0.3, 0.4) is 0 Å². The Bertz CT molecular complexity index is 3560. The molecule has 12 rings (SSSR count). The topological polar surface area (TPSA) is 6.48 Å². The van der Waals surface area contributed by atoms with Gasteiger partial charge in [-0.2, -0.15) is 0 Å². The molecule has 0 aliphatic heterocycles. The van der Waals surface area contributed by atoms with E-state index in [1.807, 2.05) is 0 Å². The predicted octanol–water partition coefficient (Wildman–Crippen LogP) is 23.1. The fraction of sp³-hybridized carbons (Fsp3) is 0.316. The molecule has 2 aliphatic carbocycles. The molecule has 2 nitrogen and oxygen atoms in total. The maximum atomic E-state index is 2.66. The summed E-state index contributed by atoms with van der Waals surface area (Å²) in [5.41, 5.74) is 26.0. The normalized spacial score (nSPS) is 14.7. The molecule has 0 amide bonds. The van der Waals surface area contributed by atoms with Gasteiger partial charge in [0.1, 0.15) is 0 Å². The van der Waals surface area contributed by atoms with E-state index in [2.05, 4.69) is 237 Å². The third kappa shape index (κ3) is 9.27. The van der Waals surface area contributed by atoms with Crippen molar-refractivity contribution in [3.8, 4) is 22.3 Å². The Kier molecular flexibility index (Phi) is 14.0. The summed E-state index contributed by atoms with van der Waals surface area (Å²) in [4.78, 5) is 5.32. The van der Waals surface area contributed by atoms with Crippen LogP contribution in [0, 0.1) is 41.5 Å². The van der Waals surface area contributed by atoms with Gasteiger partial charge in [-0.1, -0.05) is 175 Å². The van der Waals surface area contributed by atoms with Crippen LogP contribution in [-0.4, -0.2) is 0 Å². The van der Waals surface area contributed by atoms with Crippen LogP contribution in [0.2, 0.25) is 0 Å². The number of anilines is 6. The van der Waals surface area contributed by atoms with Crippen molar-refractivity contribution in [1.82, 2.24) is 0 Å². The zero-order chi connectivity index (χ0) is 53.9. The number of hydrogen-bond donors (Lipinski definition) is 0. The predicted molar refractivity (Wildman–Crippen MR) is 339 cm³/mol. The summed E-state index contributed by atoms with van der Waals surface area (Å²) >= 11 is 0. The van der Waals surface area contributed by atoms with Crippen molar-refractivity contribution in [3.63, 3.8) is 0 Å². The van der Waals surface area contributed by atoms with Crippen LogP contribution < -0.4 is 9.80 Å². The van der Waals surface area contributed by atoms with E-state index in [0.29, 0.717) is 11.8 Å². The summed E-state index contributed by atoms with van der Waals surface area (Å²) in [5, 5.41) is 8.01. The van der Waals surface area contributed by atoms with Crippen LogP contribution in [0.5, 0.6) is 0 Å². The average molecular weight is 1020 g/mol. The summed E-state index contributed by atoms with van der Waals surface area (Å²) in [6.07, 6.45) is 13.0. The molecule has 0 atom stereocenters. The Balaban J connectivity index is 1.17. The maximum absolute atomic E-state index is 2.66. The second-order valence-electron chi connectivity index (χ2n) is 24.4. The molecule has 394 valence electrons. The molecule has 10 aromatic rings. The Morgan fingerprint density at radius 2 is 0.692 bits per heavy atom. The van der Waals surface area contributed by atoms with Crippen molar-refractivity contribution in [1.29, 1.82) is 0 Å². The zero-order valence-corrected chi connectivity index (χ0v) is 48.3. The fourth-order valence-corrected chi connectivity index (χ4v) is 14.4. The Labute approximate surface area is 466 Å². The fourth-order valence-electron chi connectivity index (χ4n) is 14.4. The quantitative estimate of drug-likeness (QED) is 0.113. The van der Waals surface area contributed by atoms with E-state index < -0.39 is 0 Å². The van der Waals surface area contributed by atoms with Gasteiger partial charge in [-0.05, 0) is 239 Å². The van der Waals surface area contributed by atoms with Crippen molar-refractivity contribution < 1.29 is 0 Å². The van der Waals surface area contributed by atoms with Crippen molar-refractivity contribution in [2.75, 3.05) is 9.80 Å². The van der Waals surface area contributed by atoms with Crippen molar-refractivity contribution >= 4 is 66.4 Å². The standard InChI is InChI=1S/C76H80N2/c1-47(2)67-45-71(77(61-31-19-29-57(41-61)55-25-13-11-14-26-55)69-43-59(35-33-49(69)5)73-51(7)21-17-22-52(73)8)65-40-38-64-68(48(3)4)46-72(66-39-37-63(67)75(65)76(64)66)78(62-32-20-30-58(42-62)56-27-15-12-16-28-56)70-44-60(36-34-50(70)6)74-53(9)23-18-24-54(74)10/h17-24,29-48,55-56H,11-16,25-28H2,1-10H3. The van der Waals surface area contributed by atoms with Crippen molar-refractivity contribution in [2.45, 2.75) is 157 Å². The van der Waals surface area contributed by atoms with Crippen LogP contribution >= 0.6 is 0 Å². The smallest absolute Gasteiger partial charge is 0.0543 e. The Morgan fingerprint density at radius 1 is 0.333 bits per heavy atom. The van der Waals surface area contributed by atoms with E-state index in [-0.39, 0.29) is 11.8 Å². The monoisotopic (exact) mass is 1020 g/mol. The lowest BCUT2D eigenvalue weighted by Gasteiger charge is -2.33. The second kappa shape index (κ2) is 21.2. The Hall–Kier alpha value is -7.16. The van der Waals surface area contributed by atoms with E-state index in [9.17, 15) is 0 Å². The maximum Gasteiger partial charge on any atom is 0.0543 e. The van der Waals surface area contributed by atoms with E-state index in [4.69, 9.17) is 0 Å². The van der Waals surface area contributed by atoms with E-state index in [0.717, 1.165) is 0 Å². The SMILES string of the molecule is Cc1ccc(-c2c(C)cccc2C)cc1N(c1cccc(C2CCCCC2)c1)c1cc(C(C)C)c2ccc3c(N(c4cccc(C5CCCCC5)c4)c4cc(-c5c(C)cccc5C)ccc4C)cc(C(C)C)c4ccc1c2c43. The first-order valence-electron chi connectivity index (χ1n) is 29.8. The number of hydrogen-bond acceptors (Lipinski definition) is 2. The molecule has 0 aromatic heterocycles. The lowest BCUT2D eigenvalue weighted by molar-refractivity contribution is 0.443. The van der Waals surface area contributed by atoms with Crippen LogP contribution in [0.4, 0.5) is 34.1 Å². The van der Waals surface area contributed by atoms with Gasteiger partial charge in [-0.3, -0.25) is 0 Å². The molecule has 0 bridgehead atoms. The minimum absolute atomic E-state index is 0.282. The molecular weight excluding hydrogens is 941 g/mol. The van der Waals surface area contributed by atoms with Gasteiger partial charge in [-0.15, -0.1) is 0 Å². The third-order valence-corrected chi connectivity index (χ3v) is 18.5. The molecular formula is C76H80N2. The van der Waals surface area contributed by atoms with Crippen molar-refractivity contribution in [3.05, 3.63) is 213 Å². The highest BCUT2D eigenvalue weighted by Gasteiger charge is 2.29. The van der Waals surface area contributed by atoms with Crippen molar-refractivity contribution in [2.24, 2.45) is 0 Å². The zero-order valence-electron chi connectivity index (χ0n) is 48.3. The number of nitrogens with zero attached hydrogens (tertiary/aromatic N) is 2. The highest BCUT2D eigenvalue weighted by molar-refractivity contribution is 6.29. The number of benzene rings is 10. The van der Waals surface area contributed by atoms with Crippen LogP contribution in [0.25, 0.3) is 54.6 Å². The van der Waals surface area contributed by atoms with Gasteiger partial charge in [-0.25, -0.2) is 0 Å². The minimum atomic E-state index is 0.282. The minimum Gasteiger partial charge on any atom is -0.310 e.